The molecule has 5 unspecified atom stereocenters. The van der Waals surface area contributed by atoms with E-state index in [1.54, 1.807) is 39.0 Å². The highest BCUT2D eigenvalue weighted by atomic mass is 19.4. The predicted octanol–water partition coefficient (Wildman–Crippen LogP) is 6.89. The normalized spacial score (nSPS) is 21.9. The summed E-state index contributed by atoms with van der Waals surface area (Å²) in [5, 5.41) is 12.8. The molecule has 1 aromatic carbocycles. The molecule has 1 aliphatic carbocycles. The summed E-state index contributed by atoms with van der Waals surface area (Å²) in [7, 11) is 0. The van der Waals surface area contributed by atoms with E-state index < -0.39 is 90.9 Å². The summed E-state index contributed by atoms with van der Waals surface area (Å²) in [6.07, 6.45) is 3.93. The number of hydrogen-bond acceptors (Lipinski definition) is 11. The SMILES string of the molecule is CCCCCC1(CCCCC)OC2C=C(C(=O)N3CCCC3C(=O)NC(CO)CCC(=O)OC(C)(C)C)CC(OC(=O)c3ccccc3C=CC(=O)OCC(F)(F)F)C2O1. The molecule has 0 aromatic heterocycles. The van der Waals surface area contributed by atoms with Gasteiger partial charge in [-0.1, -0.05) is 57.7 Å². The lowest BCUT2D eigenvalue weighted by Gasteiger charge is -2.33. The van der Waals surface area contributed by atoms with Crippen LogP contribution >= 0.6 is 0 Å². The molecule has 0 radical (unpaired) electrons. The second-order valence-corrected chi connectivity index (χ2v) is 16.6. The Balaban J connectivity index is 1.58. The zero-order chi connectivity index (χ0) is 44.1. The van der Waals surface area contributed by atoms with Crippen LogP contribution in [-0.4, -0.2) is 107 Å². The van der Waals surface area contributed by atoms with E-state index in [2.05, 4.69) is 23.9 Å². The number of esters is 3. The molecule has 16 heteroatoms. The number of alkyl halides is 3. The molecule has 13 nitrogen and oxygen atoms in total. The Morgan fingerprint density at radius 1 is 1.02 bits per heavy atom. The van der Waals surface area contributed by atoms with Gasteiger partial charge in [0.25, 0.3) is 0 Å². The van der Waals surface area contributed by atoms with Gasteiger partial charge in [-0.05, 0) is 76.7 Å². The summed E-state index contributed by atoms with van der Waals surface area (Å²) in [6.45, 7) is 7.51. The molecular weight excluding hydrogens is 789 g/mol. The van der Waals surface area contributed by atoms with Gasteiger partial charge in [-0.15, -0.1) is 0 Å². The van der Waals surface area contributed by atoms with Gasteiger partial charge in [0.05, 0.1) is 18.2 Å². The Labute approximate surface area is 350 Å². The molecular formula is C44H61F3N2O11. The number of benzene rings is 1. The fourth-order valence-corrected chi connectivity index (χ4v) is 7.64. The first-order valence-electron chi connectivity index (χ1n) is 21.1. The van der Waals surface area contributed by atoms with Crippen LogP contribution in [0, 0.1) is 0 Å². The third kappa shape index (κ3) is 14.4. The molecule has 1 aromatic rings. The van der Waals surface area contributed by atoms with Crippen LogP contribution in [0.3, 0.4) is 0 Å². The van der Waals surface area contributed by atoms with Crippen LogP contribution < -0.4 is 5.32 Å². The number of ether oxygens (including phenoxy) is 5. The number of fused-ring (bicyclic) bond motifs is 1. The summed E-state index contributed by atoms with van der Waals surface area (Å²) in [5.74, 6) is -4.45. The Hall–Kier alpha value is -4.28. The minimum absolute atomic E-state index is 0.00815. The van der Waals surface area contributed by atoms with Crippen molar-refractivity contribution in [2.24, 2.45) is 0 Å². The van der Waals surface area contributed by atoms with Crippen LogP contribution in [0.5, 0.6) is 0 Å². The standard InChI is InChI=1S/C44H61F3N2O11/c1-6-8-12-22-43(23-13-9-7-2)58-35-26-30(40(54)49-24-14-17-33(49)39(53)48-31(27-50)19-21-37(52)59-42(3,4)5)25-34(38(35)60-43)57-41(55)32-16-11-10-15-29(32)18-20-36(51)56-28-44(45,46)47/h10-11,15-16,18,20,26,31,33-35,38,50H,6-9,12-14,17,19,21-25,27-28H2,1-5H3,(H,48,53). The van der Waals surface area contributed by atoms with Crippen LogP contribution in [0.4, 0.5) is 13.2 Å². The molecule has 0 spiro atoms. The van der Waals surface area contributed by atoms with Crippen LogP contribution in [0.15, 0.2) is 42.0 Å². The third-order valence-electron chi connectivity index (χ3n) is 10.5. The van der Waals surface area contributed by atoms with Crippen molar-refractivity contribution >= 4 is 35.8 Å². The molecule has 0 saturated carbocycles. The van der Waals surface area contributed by atoms with Crippen molar-refractivity contribution in [2.75, 3.05) is 19.8 Å². The molecule has 60 heavy (non-hydrogen) atoms. The second kappa shape index (κ2) is 22.0. The minimum atomic E-state index is -4.71. The largest absolute Gasteiger partial charge is 0.460 e. The van der Waals surface area contributed by atoms with Gasteiger partial charge in [0.15, 0.2) is 12.4 Å². The van der Waals surface area contributed by atoms with Crippen molar-refractivity contribution in [3.63, 3.8) is 0 Å². The summed E-state index contributed by atoms with van der Waals surface area (Å²) in [5.41, 5.74) is -0.232. The van der Waals surface area contributed by atoms with Crippen molar-refractivity contribution in [2.45, 2.75) is 166 Å². The fourth-order valence-electron chi connectivity index (χ4n) is 7.64. The Kier molecular flexibility index (Phi) is 17.7. The smallest absolute Gasteiger partial charge is 0.422 e. The van der Waals surface area contributed by atoms with Crippen molar-refractivity contribution in [1.82, 2.24) is 10.2 Å². The maximum absolute atomic E-state index is 14.4. The number of nitrogens with one attached hydrogen (secondary N) is 1. The first-order chi connectivity index (χ1) is 28.4. The Morgan fingerprint density at radius 3 is 2.33 bits per heavy atom. The lowest BCUT2D eigenvalue weighted by atomic mass is 9.91. The molecule has 2 saturated heterocycles. The van der Waals surface area contributed by atoms with E-state index in [1.165, 1.54) is 17.0 Å². The number of carbonyl (C=O) groups excluding carboxylic acids is 5. The molecule has 5 atom stereocenters. The molecule has 2 N–H and O–H groups in total. The fraction of sp³-hybridized carbons (Fsp3) is 0.659. The van der Waals surface area contributed by atoms with E-state index in [0.717, 1.165) is 50.7 Å². The Bertz CT molecular complexity index is 1700. The number of rotatable bonds is 20. The van der Waals surface area contributed by atoms with Crippen LogP contribution in [0.1, 0.15) is 134 Å². The average molecular weight is 851 g/mol. The van der Waals surface area contributed by atoms with Gasteiger partial charge >= 0.3 is 24.1 Å². The summed E-state index contributed by atoms with van der Waals surface area (Å²) in [6, 6.07) is 4.46. The van der Waals surface area contributed by atoms with Gasteiger partial charge in [-0.2, -0.15) is 13.2 Å². The van der Waals surface area contributed by atoms with E-state index in [9.17, 15) is 42.3 Å². The van der Waals surface area contributed by atoms with Gasteiger partial charge in [-0.25, -0.2) is 9.59 Å². The molecule has 0 bridgehead atoms. The van der Waals surface area contributed by atoms with Crippen molar-refractivity contribution < 1.29 is 65.9 Å². The molecule has 334 valence electrons. The Morgan fingerprint density at radius 2 is 1.70 bits per heavy atom. The van der Waals surface area contributed by atoms with Crippen molar-refractivity contribution in [3.05, 3.63) is 53.1 Å². The van der Waals surface area contributed by atoms with Gasteiger partial charge in [-0.3, -0.25) is 14.4 Å². The topological polar surface area (TPSA) is 167 Å². The molecule has 2 amide bonds. The highest BCUT2D eigenvalue weighted by Crippen LogP contribution is 2.44. The number of aliphatic hydroxyl groups excluding tert-OH is 1. The van der Waals surface area contributed by atoms with E-state index >= 15 is 0 Å². The number of aliphatic hydroxyl groups is 1. The van der Waals surface area contributed by atoms with E-state index in [4.69, 9.17) is 18.9 Å². The highest BCUT2D eigenvalue weighted by molar-refractivity contribution is 5.98. The van der Waals surface area contributed by atoms with Crippen molar-refractivity contribution in [3.8, 4) is 0 Å². The number of likely N-dealkylation sites (tertiary alicyclic amines) is 1. The van der Waals surface area contributed by atoms with Gasteiger partial charge < -0.3 is 39.0 Å². The molecule has 2 fully saturated rings. The van der Waals surface area contributed by atoms with Crippen molar-refractivity contribution in [1.29, 1.82) is 0 Å². The number of nitrogens with zero attached hydrogens (tertiary/aromatic N) is 1. The molecule has 2 heterocycles. The maximum Gasteiger partial charge on any atom is 0.422 e. The number of amides is 2. The predicted molar refractivity (Wildman–Crippen MR) is 214 cm³/mol. The second-order valence-electron chi connectivity index (χ2n) is 16.6. The van der Waals surface area contributed by atoms with Gasteiger partial charge in [0, 0.05) is 43.9 Å². The number of unbranched alkanes of at least 4 members (excludes halogenated alkanes) is 4. The molecule has 4 rings (SSSR count). The van der Waals surface area contributed by atoms with Crippen LogP contribution in [-0.2, 0) is 42.9 Å². The molecule has 2 aliphatic heterocycles. The lowest BCUT2D eigenvalue weighted by Crippen LogP contribution is -2.51. The summed E-state index contributed by atoms with van der Waals surface area (Å²) >= 11 is 0. The molecule has 3 aliphatic rings. The van der Waals surface area contributed by atoms with E-state index in [0.29, 0.717) is 25.7 Å². The minimum Gasteiger partial charge on any atom is -0.460 e. The zero-order valence-corrected chi connectivity index (χ0v) is 35.4. The third-order valence-corrected chi connectivity index (χ3v) is 10.5. The number of hydrogen-bond donors (Lipinski definition) is 2. The van der Waals surface area contributed by atoms with Crippen LogP contribution in [0.2, 0.25) is 0 Å². The lowest BCUT2D eigenvalue weighted by molar-refractivity contribution is -0.190. The maximum atomic E-state index is 14.4. The van der Waals surface area contributed by atoms with E-state index in [1.807, 2.05) is 0 Å². The first-order valence-corrected chi connectivity index (χ1v) is 21.1. The number of halogens is 3. The highest BCUT2D eigenvalue weighted by Gasteiger charge is 2.53. The zero-order valence-electron chi connectivity index (χ0n) is 35.4. The van der Waals surface area contributed by atoms with E-state index in [-0.39, 0.29) is 42.5 Å². The quantitative estimate of drug-likeness (QED) is 0.0607. The van der Waals surface area contributed by atoms with Crippen LogP contribution in [0.25, 0.3) is 6.08 Å². The number of carbonyl (C=O) groups is 5. The van der Waals surface area contributed by atoms with Gasteiger partial charge in [0.1, 0.15) is 30.0 Å². The first kappa shape index (κ1) is 48.4. The summed E-state index contributed by atoms with van der Waals surface area (Å²) in [4.78, 5) is 67.8. The average Bonchev–Trinajstić information content (AvgIpc) is 3.83. The van der Waals surface area contributed by atoms with Gasteiger partial charge in [0.2, 0.25) is 11.8 Å². The monoisotopic (exact) mass is 850 g/mol. The summed E-state index contributed by atoms with van der Waals surface area (Å²) < 4.78 is 66.9.